The van der Waals surface area contributed by atoms with Crippen LogP contribution in [0.5, 0.6) is 5.75 Å². The molecule has 5 nitrogen and oxygen atoms in total. The van der Waals surface area contributed by atoms with Crippen molar-refractivity contribution < 1.29 is 4.74 Å². The highest BCUT2D eigenvalue weighted by molar-refractivity contribution is 5.39. The van der Waals surface area contributed by atoms with Gasteiger partial charge >= 0.3 is 0 Å². The molecule has 1 atom stereocenters. The summed E-state index contributed by atoms with van der Waals surface area (Å²) < 4.78 is 7.53. The first-order valence-corrected chi connectivity index (χ1v) is 6.96. The fraction of sp³-hybridized carbons (Fsp3) is 0.400. The van der Waals surface area contributed by atoms with Crippen LogP contribution in [0.1, 0.15) is 29.4 Å². The van der Waals surface area contributed by atoms with Gasteiger partial charge in [0, 0.05) is 25.9 Å². The fourth-order valence-corrected chi connectivity index (χ4v) is 2.71. The van der Waals surface area contributed by atoms with E-state index in [1.54, 1.807) is 6.20 Å². The molecule has 1 aliphatic rings. The molecule has 2 heterocycles. The highest BCUT2D eigenvalue weighted by atomic mass is 16.5. The van der Waals surface area contributed by atoms with Crippen molar-refractivity contribution in [2.45, 2.75) is 25.3 Å². The van der Waals surface area contributed by atoms with E-state index in [4.69, 9.17) is 10.6 Å². The summed E-state index contributed by atoms with van der Waals surface area (Å²) in [6.07, 6.45) is 6.63. The predicted molar refractivity (Wildman–Crippen MR) is 77.2 cm³/mol. The number of aromatic nitrogens is 2. The van der Waals surface area contributed by atoms with Gasteiger partial charge in [0.25, 0.3) is 0 Å². The topological polar surface area (TPSA) is 65.1 Å². The van der Waals surface area contributed by atoms with E-state index in [2.05, 4.69) is 28.6 Å². The predicted octanol–water partition coefficient (Wildman–Crippen LogP) is 1.49. The Morgan fingerprint density at radius 1 is 1.50 bits per heavy atom. The minimum atomic E-state index is 0.0690. The Bertz CT molecular complexity index is 593. The Morgan fingerprint density at radius 2 is 2.40 bits per heavy atom. The number of rotatable bonds is 5. The Labute approximate surface area is 118 Å². The number of nitrogens with one attached hydrogen (secondary N) is 1. The van der Waals surface area contributed by atoms with Gasteiger partial charge in [-0.05, 0) is 30.0 Å². The lowest BCUT2D eigenvalue weighted by Crippen LogP contribution is -2.30. The normalized spacial score (nSPS) is 14.9. The van der Waals surface area contributed by atoms with Gasteiger partial charge in [-0.2, -0.15) is 0 Å². The number of benzene rings is 1. The number of fused-ring (bicyclic) bond motifs is 1. The first-order chi connectivity index (χ1) is 9.78. The quantitative estimate of drug-likeness (QED) is 0.639. The first kappa shape index (κ1) is 13.1. The molecule has 0 fully saturated rings. The molecular weight excluding hydrogens is 252 g/mol. The smallest absolute Gasteiger partial charge is 0.126 e. The molecule has 3 rings (SSSR count). The molecule has 1 unspecified atom stereocenters. The van der Waals surface area contributed by atoms with E-state index in [9.17, 15) is 0 Å². The molecule has 1 aromatic heterocycles. The molecule has 1 aliphatic heterocycles. The van der Waals surface area contributed by atoms with Crippen LogP contribution in [0, 0.1) is 0 Å². The number of ether oxygens (including phenoxy) is 1. The third kappa shape index (κ3) is 2.55. The van der Waals surface area contributed by atoms with Gasteiger partial charge in [-0.1, -0.05) is 12.1 Å². The van der Waals surface area contributed by atoms with Gasteiger partial charge < -0.3 is 9.30 Å². The second-order valence-corrected chi connectivity index (χ2v) is 5.19. The van der Waals surface area contributed by atoms with Crippen LogP contribution in [-0.4, -0.2) is 16.2 Å². The molecule has 20 heavy (non-hydrogen) atoms. The first-order valence-electron chi connectivity index (χ1n) is 6.96. The maximum absolute atomic E-state index is 5.66. The molecule has 2 aromatic rings. The van der Waals surface area contributed by atoms with Crippen LogP contribution in [0.2, 0.25) is 0 Å². The summed E-state index contributed by atoms with van der Waals surface area (Å²) in [6.45, 7) is 0.805. The lowest BCUT2D eigenvalue weighted by atomic mass is 10.0. The van der Waals surface area contributed by atoms with Crippen LogP contribution in [0.4, 0.5) is 0 Å². The molecule has 0 aliphatic carbocycles. The Morgan fingerprint density at radius 3 is 3.15 bits per heavy atom. The summed E-state index contributed by atoms with van der Waals surface area (Å²) in [5.41, 5.74) is 5.50. The Balaban J connectivity index is 1.68. The number of nitrogens with two attached hydrogens (primary N) is 1. The summed E-state index contributed by atoms with van der Waals surface area (Å²) in [6, 6.07) is 6.52. The summed E-state index contributed by atoms with van der Waals surface area (Å²) in [5.74, 6) is 7.67. The molecule has 106 valence electrons. The number of hydrazine groups is 1. The SMILES string of the molecule is Cn1ccnc1C(CCc1ccc2c(c1)CCO2)NN. The van der Waals surface area contributed by atoms with Gasteiger partial charge in [-0.25, -0.2) is 10.4 Å². The van der Waals surface area contributed by atoms with Crippen LogP contribution in [0.25, 0.3) is 0 Å². The Hall–Kier alpha value is -1.85. The lowest BCUT2D eigenvalue weighted by Gasteiger charge is -2.15. The molecule has 0 amide bonds. The van der Waals surface area contributed by atoms with Crippen molar-refractivity contribution in [3.05, 3.63) is 47.5 Å². The molecule has 0 saturated heterocycles. The van der Waals surface area contributed by atoms with Crippen molar-refractivity contribution >= 4 is 0 Å². The van der Waals surface area contributed by atoms with Gasteiger partial charge in [-0.3, -0.25) is 5.84 Å². The van der Waals surface area contributed by atoms with E-state index in [1.807, 2.05) is 17.8 Å². The van der Waals surface area contributed by atoms with E-state index in [-0.39, 0.29) is 6.04 Å². The monoisotopic (exact) mass is 272 g/mol. The number of hydrogen-bond acceptors (Lipinski definition) is 4. The van der Waals surface area contributed by atoms with Crippen molar-refractivity contribution in [3.8, 4) is 5.75 Å². The number of aryl methyl sites for hydroxylation is 2. The van der Waals surface area contributed by atoms with Gasteiger partial charge in [0.1, 0.15) is 11.6 Å². The zero-order chi connectivity index (χ0) is 13.9. The highest BCUT2D eigenvalue weighted by Crippen LogP contribution is 2.27. The van der Waals surface area contributed by atoms with Crippen LogP contribution in [0.3, 0.4) is 0 Å². The Kier molecular flexibility index (Phi) is 3.71. The van der Waals surface area contributed by atoms with Gasteiger partial charge in [0.05, 0.1) is 12.6 Å². The average Bonchev–Trinajstić information content (AvgIpc) is 3.08. The second kappa shape index (κ2) is 5.64. The summed E-state index contributed by atoms with van der Waals surface area (Å²) >= 11 is 0. The molecule has 0 saturated carbocycles. The zero-order valence-corrected chi connectivity index (χ0v) is 11.7. The maximum atomic E-state index is 5.66. The lowest BCUT2D eigenvalue weighted by molar-refractivity contribution is 0.357. The third-order valence-corrected chi connectivity index (χ3v) is 3.85. The minimum Gasteiger partial charge on any atom is -0.493 e. The largest absolute Gasteiger partial charge is 0.493 e. The van der Waals surface area contributed by atoms with Crippen molar-refractivity contribution in [3.63, 3.8) is 0 Å². The van der Waals surface area contributed by atoms with Gasteiger partial charge in [0.15, 0.2) is 0 Å². The van der Waals surface area contributed by atoms with Crippen LogP contribution >= 0.6 is 0 Å². The third-order valence-electron chi connectivity index (χ3n) is 3.85. The second-order valence-electron chi connectivity index (χ2n) is 5.19. The van der Waals surface area contributed by atoms with Gasteiger partial charge in [-0.15, -0.1) is 0 Å². The molecule has 0 radical (unpaired) electrons. The van der Waals surface area contributed by atoms with Crippen LogP contribution < -0.4 is 16.0 Å². The number of imidazole rings is 1. The van der Waals surface area contributed by atoms with Crippen molar-refractivity contribution in [2.24, 2.45) is 12.9 Å². The van der Waals surface area contributed by atoms with Gasteiger partial charge in [0.2, 0.25) is 0 Å². The molecular formula is C15H20N4O. The molecule has 1 aromatic carbocycles. The number of nitrogens with zero attached hydrogens (tertiary/aromatic N) is 2. The van der Waals surface area contributed by atoms with E-state index in [1.165, 1.54) is 11.1 Å². The maximum Gasteiger partial charge on any atom is 0.126 e. The molecule has 5 heteroatoms. The van der Waals surface area contributed by atoms with E-state index < -0.39 is 0 Å². The molecule has 3 N–H and O–H groups in total. The van der Waals surface area contributed by atoms with Crippen molar-refractivity contribution in [1.29, 1.82) is 0 Å². The highest BCUT2D eigenvalue weighted by Gasteiger charge is 2.16. The summed E-state index contributed by atoms with van der Waals surface area (Å²) in [7, 11) is 1.99. The van der Waals surface area contributed by atoms with E-state index >= 15 is 0 Å². The fourth-order valence-electron chi connectivity index (χ4n) is 2.71. The zero-order valence-electron chi connectivity index (χ0n) is 11.7. The van der Waals surface area contributed by atoms with Crippen molar-refractivity contribution in [1.82, 2.24) is 15.0 Å². The van der Waals surface area contributed by atoms with Crippen molar-refractivity contribution in [2.75, 3.05) is 6.61 Å². The number of hydrogen-bond donors (Lipinski definition) is 2. The van der Waals surface area contributed by atoms with E-state index in [0.717, 1.165) is 37.4 Å². The average molecular weight is 272 g/mol. The summed E-state index contributed by atoms with van der Waals surface area (Å²) in [4.78, 5) is 4.36. The summed E-state index contributed by atoms with van der Waals surface area (Å²) in [5, 5.41) is 0. The molecule has 0 bridgehead atoms. The molecule has 0 spiro atoms. The standard InChI is InChI=1S/C15H20N4O/c1-19-8-7-17-15(19)13(18-16)4-2-11-3-5-14-12(10-11)6-9-20-14/h3,5,7-8,10,13,18H,2,4,6,9,16H2,1H3. The minimum absolute atomic E-state index is 0.0690. The van der Waals surface area contributed by atoms with E-state index in [0.29, 0.717) is 0 Å². The van der Waals surface area contributed by atoms with Crippen LogP contribution in [-0.2, 0) is 19.9 Å². The van der Waals surface area contributed by atoms with Crippen LogP contribution in [0.15, 0.2) is 30.6 Å².